The minimum absolute atomic E-state index is 0.0132. The zero-order valence-electron chi connectivity index (χ0n) is 9.28. The fourth-order valence-electron chi connectivity index (χ4n) is 1.50. The van der Waals surface area contributed by atoms with Crippen LogP contribution in [0.2, 0.25) is 0 Å². The number of hydrogen-bond donors (Lipinski definition) is 2. The van der Waals surface area contributed by atoms with Crippen molar-refractivity contribution in [3.05, 3.63) is 59.7 Å². The van der Waals surface area contributed by atoms with Crippen molar-refractivity contribution in [2.24, 2.45) is 0 Å². The van der Waals surface area contributed by atoms with Gasteiger partial charge in [0.2, 0.25) is 0 Å². The molecular weight excluding hydrogens is 238 g/mol. The molecule has 18 heavy (non-hydrogen) atoms. The number of halogens is 2. The van der Waals surface area contributed by atoms with Crippen LogP contribution in [0.4, 0.5) is 20.2 Å². The van der Waals surface area contributed by atoms with Crippen molar-refractivity contribution < 1.29 is 13.6 Å². The van der Waals surface area contributed by atoms with E-state index >= 15 is 0 Å². The number of benzene rings is 2. The number of nitrogens with two attached hydrogens (primary N) is 1. The summed E-state index contributed by atoms with van der Waals surface area (Å²) in [5, 5.41) is 2.44. The van der Waals surface area contributed by atoms with E-state index in [2.05, 4.69) is 5.32 Å². The number of para-hydroxylation sites is 1. The highest BCUT2D eigenvalue weighted by molar-refractivity contribution is 6.07. The molecule has 0 saturated carbocycles. The summed E-state index contributed by atoms with van der Waals surface area (Å²) in [6.45, 7) is 0. The number of amides is 1. The maximum Gasteiger partial charge on any atom is 0.257 e. The van der Waals surface area contributed by atoms with E-state index in [4.69, 9.17) is 5.73 Å². The van der Waals surface area contributed by atoms with Crippen molar-refractivity contribution in [1.29, 1.82) is 0 Å². The highest BCUT2D eigenvalue weighted by Crippen LogP contribution is 2.18. The summed E-state index contributed by atoms with van der Waals surface area (Å²) in [6.07, 6.45) is 0. The van der Waals surface area contributed by atoms with Crippen molar-refractivity contribution in [3.63, 3.8) is 0 Å². The van der Waals surface area contributed by atoms with Crippen LogP contribution in [-0.2, 0) is 0 Å². The minimum atomic E-state index is -0.665. The summed E-state index contributed by atoms with van der Waals surface area (Å²) in [5.74, 6) is -1.72. The van der Waals surface area contributed by atoms with E-state index in [1.54, 1.807) is 0 Å². The Bertz CT molecular complexity index is 599. The molecular formula is C13H10F2N2O. The molecule has 0 aliphatic carbocycles. The first-order chi connectivity index (χ1) is 8.58. The minimum Gasteiger partial charge on any atom is -0.396 e. The smallest absolute Gasteiger partial charge is 0.257 e. The molecule has 2 aromatic carbocycles. The monoisotopic (exact) mass is 248 g/mol. The first-order valence-electron chi connectivity index (χ1n) is 5.19. The maximum atomic E-state index is 13.2. The van der Waals surface area contributed by atoms with Crippen molar-refractivity contribution in [2.45, 2.75) is 0 Å². The van der Waals surface area contributed by atoms with Gasteiger partial charge < -0.3 is 11.1 Å². The second-order valence-electron chi connectivity index (χ2n) is 3.67. The van der Waals surface area contributed by atoms with Crippen molar-refractivity contribution in [3.8, 4) is 0 Å². The van der Waals surface area contributed by atoms with E-state index in [1.807, 2.05) is 0 Å². The van der Waals surface area contributed by atoms with Crippen molar-refractivity contribution in [1.82, 2.24) is 0 Å². The molecule has 0 heterocycles. The van der Waals surface area contributed by atoms with Gasteiger partial charge >= 0.3 is 0 Å². The number of rotatable bonds is 2. The molecule has 2 aromatic rings. The normalized spacial score (nSPS) is 10.1. The number of anilines is 2. The largest absolute Gasteiger partial charge is 0.396 e. The van der Waals surface area contributed by atoms with Crippen LogP contribution in [0.25, 0.3) is 0 Å². The second kappa shape index (κ2) is 4.83. The number of nitrogens with one attached hydrogen (secondary N) is 1. The third-order valence-corrected chi connectivity index (χ3v) is 2.38. The lowest BCUT2D eigenvalue weighted by Crippen LogP contribution is -2.14. The Kier molecular flexibility index (Phi) is 3.23. The van der Waals surface area contributed by atoms with Crippen LogP contribution in [0.1, 0.15) is 10.4 Å². The molecule has 3 nitrogen and oxygen atoms in total. The molecule has 0 aliphatic rings. The molecule has 0 saturated heterocycles. The second-order valence-corrected chi connectivity index (χ2v) is 3.67. The first kappa shape index (κ1) is 12.0. The third kappa shape index (κ3) is 2.45. The van der Waals surface area contributed by atoms with Crippen LogP contribution in [0.15, 0.2) is 42.5 Å². The number of carbonyl (C=O) groups is 1. The SMILES string of the molecule is Nc1c(F)cccc1C(=O)Nc1cccc(F)c1. The summed E-state index contributed by atoms with van der Waals surface area (Å²) in [6, 6.07) is 9.34. The molecule has 92 valence electrons. The molecule has 0 fully saturated rings. The van der Waals surface area contributed by atoms with Crippen LogP contribution in [0.5, 0.6) is 0 Å². The average Bonchev–Trinajstić information content (AvgIpc) is 2.32. The Morgan fingerprint density at radius 3 is 2.56 bits per heavy atom. The Balaban J connectivity index is 2.25. The lowest BCUT2D eigenvalue weighted by Gasteiger charge is -2.07. The summed E-state index contributed by atoms with van der Waals surface area (Å²) in [5.41, 5.74) is 5.52. The Labute approximate surface area is 102 Å². The van der Waals surface area contributed by atoms with Crippen LogP contribution in [0, 0.1) is 11.6 Å². The van der Waals surface area contributed by atoms with E-state index in [-0.39, 0.29) is 16.9 Å². The van der Waals surface area contributed by atoms with Gasteiger partial charge in [-0.1, -0.05) is 12.1 Å². The molecule has 2 rings (SSSR count). The summed E-state index contributed by atoms with van der Waals surface area (Å²) < 4.78 is 26.1. The number of carbonyl (C=O) groups excluding carboxylic acids is 1. The molecule has 0 unspecified atom stereocenters. The molecule has 0 aliphatic heterocycles. The van der Waals surface area contributed by atoms with Gasteiger partial charge in [-0.05, 0) is 30.3 Å². The molecule has 3 N–H and O–H groups in total. The van der Waals surface area contributed by atoms with Crippen molar-refractivity contribution >= 4 is 17.3 Å². The zero-order chi connectivity index (χ0) is 13.1. The van der Waals surface area contributed by atoms with E-state index in [0.29, 0.717) is 0 Å². The fourth-order valence-corrected chi connectivity index (χ4v) is 1.50. The van der Waals surface area contributed by atoms with Crippen LogP contribution in [-0.4, -0.2) is 5.91 Å². The molecule has 5 heteroatoms. The first-order valence-corrected chi connectivity index (χ1v) is 5.19. The summed E-state index contributed by atoms with van der Waals surface area (Å²) in [4.78, 5) is 11.8. The van der Waals surface area contributed by atoms with E-state index < -0.39 is 17.5 Å². The highest BCUT2D eigenvalue weighted by Gasteiger charge is 2.12. The molecule has 0 atom stereocenters. The van der Waals surface area contributed by atoms with Crippen LogP contribution < -0.4 is 11.1 Å². The topological polar surface area (TPSA) is 55.1 Å². The lowest BCUT2D eigenvalue weighted by atomic mass is 10.1. The Morgan fingerprint density at radius 1 is 1.11 bits per heavy atom. The standard InChI is InChI=1S/C13H10F2N2O/c14-8-3-1-4-9(7-8)17-13(18)10-5-2-6-11(15)12(10)16/h1-7H,16H2,(H,17,18). The van der Waals surface area contributed by atoms with Crippen LogP contribution >= 0.6 is 0 Å². The number of nitrogen functional groups attached to an aromatic ring is 1. The van der Waals surface area contributed by atoms with Gasteiger partial charge in [0.1, 0.15) is 11.6 Å². The predicted molar refractivity (Wildman–Crippen MR) is 65.2 cm³/mol. The van der Waals surface area contributed by atoms with Gasteiger partial charge in [-0.3, -0.25) is 4.79 Å². The van der Waals surface area contributed by atoms with Crippen molar-refractivity contribution in [2.75, 3.05) is 11.1 Å². The van der Waals surface area contributed by atoms with Gasteiger partial charge in [-0.15, -0.1) is 0 Å². The van der Waals surface area contributed by atoms with Crippen LogP contribution in [0.3, 0.4) is 0 Å². The maximum absolute atomic E-state index is 13.2. The van der Waals surface area contributed by atoms with E-state index in [1.165, 1.54) is 30.3 Å². The average molecular weight is 248 g/mol. The molecule has 1 amide bonds. The van der Waals surface area contributed by atoms with E-state index in [9.17, 15) is 13.6 Å². The van der Waals surface area contributed by atoms with E-state index in [0.717, 1.165) is 12.1 Å². The van der Waals surface area contributed by atoms with Gasteiger partial charge in [-0.2, -0.15) is 0 Å². The molecule has 0 radical (unpaired) electrons. The Morgan fingerprint density at radius 2 is 1.83 bits per heavy atom. The number of hydrogen-bond acceptors (Lipinski definition) is 2. The van der Waals surface area contributed by atoms with Gasteiger partial charge in [-0.25, -0.2) is 8.78 Å². The van der Waals surface area contributed by atoms with Gasteiger partial charge in [0.15, 0.2) is 0 Å². The Hall–Kier alpha value is -2.43. The molecule has 0 aromatic heterocycles. The van der Waals surface area contributed by atoms with Gasteiger partial charge in [0.25, 0.3) is 5.91 Å². The summed E-state index contributed by atoms with van der Waals surface area (Å²) in [7, 11) is 0. The van der Waals surface area contributed by atoms with Gasteiger partial charge in [0, 0.05) is 5.69 Å². The predicted octanol–water partition coefficient (Wildman–Crippen LogP) is 2.80. The highest BCUT2D eigenvalue weighted by atomic mass is 19.1. The summed E-state index contributed by atoms with van der Waals surface area (Å²) >= 11 is 0. The van der Waals surface area contributed by atoms with Gasteiger partial charge in [0.05, 0.1) is 11.3 Å². The molecule has 0 spiro atoms. The third-order valence-electron chi connectivity index (χ3n) is 2.38. The molecule has 0 bridgehead atoms. The fraction of sp³-hybridized carbons (Fsp3) is 0. The zero-order valence-corrected chi connectivity index (χ0v) is 9.28. The quantitative estimate of drug-likeness (QED) is 0.803. The lowest BCUT2D eigenvalue weighted by molar-refractivity contribution is 0.102.